The molecule has 1 fully saturated rings. The molecule has 21 heavy (non-hydrogen) atoms. The highest BCUT2D eigenvalue weighted by molar-refractivity contribution is 5.85. The van der Waals surface area contributed by atoms with E-state index in [9.17, 15) is 14.9 Å². The summed E-state index contributed by atoms with van der Waals surface area (Å²) in [4.78, 5) is 22.4. The van der Waals surface area contributed by atoms with Gasteiger partial charge in [0.05, 0.1) is 17.0 Å². The smallest absolute Gasteiger partial charge is 0.269 e. The van der Waals surface area contributed by atoms with Crippen LogP contribution in [0.2, 0.25) is 0 Å². The minimum absolute atomic E-state index is 0. The van der Waals surface area contributed by atoms with Crippen LogP contribution in [0.3, 0.4) is 0 Å². The van der Waals surface area contributed by atoms with Gasteiger partial charge in [0.2, 0.25) is 5.91 Å². The van der Waals surface area contributed by atoms with Gasteiger partial charge >= 0.3 is 0 Å². The summed E-state index contributed by atoms with van der Waals surface area (Å²) in [6.45, 7) is 2.70. The molecule has 2 atom stereocenters. The van der Waals surface area contributed by atoms with Gasteiger partial charge in [-0.05, 0) is 31.9 Å². The van der Waals surface area contributed by atoms with Gasteiger partial charge in [-0.25, -0.2) is 0 Å². The van der Waals surface area contributed by atoms with E-state index in [1.165, 1.54) is 12.1 Å². The van der Waals surface area contributed by atoms with Gasteiger partial charge in [0, 0.05) is 12.1 Å². The van der Waals surface area contributed by atoms with E-state index in [0.717, 1.165) is 31.4 Å². The molecule has 0 radical (unpaired) electrons. The first kappa shape index (κ1) is 17.4. The molecule has 1 aliphatic rings. The Balaban J connectivity index is 0.00000220. The number of nitrogens with one attached hydrogen (secondary N) is 2. The van der Waals surface area contributed by atoms with E-state index in [2.05, 4.69) is 10.6 Å². The Hall–Kier alpha value is -1.66. The second-order valence-corrected chi connectivity index (χ2v) is 5.08. The van der Waals surface area contributed by atoms with Crippen LogP contribution in [0.5, 0.6) is 0 Å². The molecule has 0 saturated carbocycles. The highest BCUT2D eigenvalue weighted by Crippen LogP contribution is 2.19. The van der Waals surface area contributed by atoms with Crippen LogP contribution in [0.25, 0.3) is 0 Å². The maximum atomic E-state index is 12.1. The lowest BCUT2D eigenvalue weighted by molar-refractivity contribution is -0.384. The van der Waals surface area contributed by atoms with E-state index >= 15 is 0 Å². The summed E-state index contributed by atoms with van der Waals surface area (Å²) in [7, 11) is 0. The topological polar surface area (TPSA) is 84.3 Å². The normalized spacial score (nSPS) is 19.2. The lowest BCUT2D eigenvalue weighted by Gasteiger charge is -2.24. The number of rotatable bonds is 4. The summed E-state index contributed by atoms with van der Waals surface area (Å²) in [6, 6.07) is 5.97. The molecule has 2 N–H and O–H groups in total. The molecule has 0 spiro atoms. The van der Waals surface area contributed by atoms with Crippen molar-refractivity contribution >= 4 is 24.0 Å². The molecule has 6 nitrogen and oxygen atoms in total. The third-order valence-corrected chi connectivity index (χ3v) is 3.57. The van der Waals surface area contributed by atoms with Crippen molar-refractivity contribution in [3.63, 3.8) is 0 Å². The first-order chi connectivity index (χ1) is 9.58. The Bertz CT molecular complexity index is 504. The summed E-state index contributed by atoms with van der Waals surface area (Å²) < 4.78 is 0. The number of nitro groups is 1. The number of amides is 1. The second-order valence-electron chi connectivity index (χ2n) is 5.08. The van der Waals surface area contributed by atoms with Crippen molar-refractivity contribution in [1.82, 2.24) is 10.6 Å². The molecule has 7 heteroatoms. The van der Waals surface area contributed by atoms with Crippen LogP contribution < -0.4 is 10.6 Å². The quantitative estimate of drug-likeness (QED) is 0.660. The number of halogens is 1. The monoisotopic (exact) mass is 313 g/mol. The second kappa shape index (κ2) is 7.95. The largest absolute Gasteiger partial charge is 0.348 e. The average Bonchev–Trinajstić information content (AvgIpc) is 2.48. The fourth-order valence-electron chi connectivity index (χ4n) is 2.38. The summed E-state index contributed by atoms with van der Waals surface area (Å²) >= 11 is 0. The Kier molecular flexibility index (Phi) is 6.58. The van der Waals surface area contributed by atoms with Crippen LogP contribution in [-0.4, -0.2) is 23.4 Å². The van der Waals surface area contributed by atoms with Crippen LogP contribution in [0.4, 0.5) is 5.69 Å². The van der Waals surface area contributed by atoms with E-state index < -0.39 is 4.92 Å². The van der Waals surface area contributed by atoms with Crippen molar-refractivity contribution in [1.29, 1.82) is 0 Å². The molecule has 0 bridgehead atoms. The maximum Gasteiger partial charge on any atom is 0.269 e. The molecular weight excluding hydrogens is 294 g/mol. The van der Waals surface area contributed by atoms with Gasteiger partial charge in [-0.1, -0.05) is 18.6 Å². The number of piperidine rings is 1. The van der Waals surface area contributed by atoms with Crippen molar-refractivity contribution in [3.8, 4) is 0 Å². The highest BCUT2D eigenvalue weighted by atomic mass is 35.5. The van der Waals surface area contributed by atoms with Gasteiger partial charge in [0.1, 0.15) is 0 Å². The number of carbonyl (C=O) groups excluding carboxylic acids is 1. The van der Waals surface area contributed by atoms with Crippen molar-refractivity contribution in [3.05, 3.63) is 39.9 Å². The van der Waals surface area contributed by atoms with Crippen LogP contribution in [0.1, 0.15) is 37.8 Å². The molecule has 1 amide bonds. The Morgan fingerprint density at radius 1 is 1.48 bits per heavy atom. The van der Waals surface area contributed by atoms with Gasteiger partial charge in [-0.2, -0.15) is 0 Å². The van der Waals surface area contributed by atoms with Gasteiger partial charge in [-0.3, -0.25) is 14.9 Å². The minimum Gasteiger partial charge on any atom is -0.348 e. The maximum absolute atomic E-state index is 12.1. The number of carbonyl (C=O) groups is 1. The standard InChI is InChI=1S/C14H19N3O3.ClH/c1-10(11-5-4-6-12(9-11)17(19)20)16-14(18)13-7-2-3-8-15-13;/h4-6,9-10,13,15H,2-3,7-8H2,1H3,(H,16,18);1H/t10?,13-;/m0./s1. The lowest BCUT2D eigenvalue weighted by Crippen LogP contribution is -2.47. The van der Waals surface area contributed by atoms with Crippen molar-refractivity contribution < 1.29 is 9.72 Å². The van der Waals surface area contributed by atoms with E-state index in [-0.39, 0.29) is 36.1 Å². The fourth-order valence-corrected chi connectivity index (χ4v) is 2.38. The molecule has 1 aromatic carbocycles. The molecule has 1 heterocycles. The van der Waals surface area contributed by atoms with Crippen molar-refractivity contribution in [2.75, 3.05) is 6.54 Å². The zero-order valence-corrected chi connectivity index (χ0v) is 12.7. The van der Waals surface area contributed by atoms with E-state index in [1.807, 2.05) is 6.92 Å². The number of non-ortho nitro benzene ring substituents is 1. The number of hydrogen-bond acceptors (Lipinski definition) is 4. The predicted octanol–water partition coefficient (Wildman–Crippen LogP) is 2.34. The number of nitro benzene ring substituents is 1. The van der Waals surface area contributed by atoms with Crippen LogP contribution in [0.15, 0.2) is 24.3 Å². The molecule has 1 aliphatic heterocycles. The third-order valence-electron chi connectivity index (χ3n) is 3.57. The summed E-state index contributed by atoms with van der Waals surface area (Å²) in [5, 5.41) is 16.8. The van der Waals surface area contributed by atoms with E-state index in [4.69, 9.17) is 0 Å². The zero-order chi connectivity index (χ0) is 14.5. The first-order valence-corrected chi connectivity index (χ1v) is 6.86. The zero-order valence-electron chi connectivity index (χ0n) is 11.9. The SMILES string of the molecule is CC(NC(=O)[C@@H]1CCCCN1)c1cccc([N+](=O)[O-])c1.Cl. The first-order valence-electron chi connectivity index (χ1n) is 6.86. The summed E-state index contributed by atoms with van der Waals surface area (Å²) in [5.74, 6) is -0.0382. The average molecular weight is 314 g/mol. The molecular formula is C14H20ClN3O3. The number of hydrogen-bond donors (Lipinski definition) is 2. The molecule has 1 unspecified atom stereocenters. The van der Waals surface area contributed by atoms with Crippen LogP contribution >= 0.6 is 12.4 Å². The molecule has 0 aromatic heterocycles. The Labute approximate surface area is 129 Å². The van der Waals surface area contributed by atoms with Gasteiger partial charge in [0.25, 0.3) is 5.69 Å². The molecule has 1 aromatic rings. The molecule has 2 rings (SSSR count). The van der Waals surface area contributed by atoms with Crippen LogP contribution in [0, 0.1) is 10.1 Å². The molecule has 116 valence electrons. The van der Waals surface area contributed by atoms with E-state index in [1.54, 1.807) is 12.1 Å². The van der Waals surface area contributed by atoms with Crippen LogP contribution in [-0.2, 0) is 4.79 Å². The predicted molar refractivity (Wildman–Crippen MR) is 82.5 cm³/mol. The molecule has 0 aliphatic carbocycles. The minimum atomic E-state index is -0.430. The fraction of sp³-hybridized carbons (Fsp3) is 0.500. The third kappa shape index (κ3) is 4.68. The lowest BCUT2D eigenvalue weighted by atomic mass is 10.0. The Morgan fingerprint density at radius 3 is 2.86 bits per heavy atom. The Morgan fingerprint density at radius 2 is 2.24 bits per heavy atom. The van der Waals surface area contributed by atoms with Gasteiger partial charge in [-0.15, -0.1) is 12.4 Å². The summed E-state index contributed by atoms with van der Waals surface area (Å²) in [5.41, 5.74) is 0.780. The number of benzene rings is 1. The van der Waals surface area contributed by atoms with Crippen molar-refractivity contribution in [2.45, 2.75) is 38.3 Å². The highest BCUT2D eigenvalue weighted by Gasteiger charge is 2.22. The number of nitrogens with zero attached hydrogens (tertiary/aromatic N) is 1. The van der Waals surface area contributed by atoms with Gasteiger partial charge < -0.3 is 10.6 Å². The van der Waals surface area contributed by atoms with E-state index in [0.29, 0.717) is 0 Å². The van der Waals surface area contributed by atoms with Gasteiger partial charge in [0.15, 0.2) is 0 Å². The van der Waals surface area contributed by atoms with Crippen molar-refractivity contribution in [2.24, 2.45) is 0 Å². The summed E-state index contributed by atoms with van der Waals surface area (Å²) in [6.07, 6.45) is 2.99. The molecule has 1 saturated heterocycles.